The third kappa shape index (κ3) is 2.24. The van der Waals surface area contributed by atoms with E-state index < -0.39 is 12.1 Å². The van der Waals surface area contributed by atoms with Gasteiger partial charge < -0.3 is 14.7 Å². The van der Waals surface area contributed by atoms with Crippen molar-refractivity contribution in [1.29, 1.82) is 0 Å². The molecule has 1 aromatic rings. The van der Waals surface area contributed by atoms with Crippen LogP contribution in [-0.2, 0) is 9.53 Å². The quantitative estimate of drug-likeness (QED) is 0.760. The van der Waals surface area contributed by atoms with Crippen molar-refractivity contribution >= 4 is 11.8 Å². The lowest BCUT2D eigenvalue weighted by Gasteiger charge is -2.31. The molecule has 2 rings (SSSR count). The van der Waals surface area contributed by atoms with Crippen molar-refractivity contribution in [2.24, 2.45) is 0 Å². The predicted molar refractivity (Wildman–Crippen MR) is 53.8 cm³/mol. The minimum atomic E-state index is -0.921. The largest absolute Gasteiger partial charge is 0.479 e. The first-order valence-electron chi connectivity index (χ1n) is 4.78. The molecule has 1 aromatic heterocycles. The third-order valence-electron chi connectivity index (χ3n) is 2.32. The Morgan fingerprint density at radius 3 is 3.13 bits per heavy atom. The first-order valence-corrected chi connectivity index (χ1v) is 4.78. The Labute approximate surface area is 87.3 Å². The van der Waals surface area contributed by atoms with E-state index in [-0.39, 0.29) is 0 Å². The summed E-state index contributed by atoms with van der Waals surface area (Å²) >= 11 is 0. The maximum Gasteiger partial charge on any atom is 0.334 e. The average molecular weight is 208 g/mol. The fraction of sp³-hybridized carbons (Fsp3) is 0.400. The molecule has 0 spiro atoms. The van der Waals surface area contributed by atoms with Gasteiger partial charge in [-0.3, -0.25) is 0 Å². The maximum absolute atomic E-state index is 10.8. The van der Waals surface area contributed by atoms with Gasteiger partial charge in [0.05, 0.1) is 13.2 Å². The topological polar surface area (TPSA) is 62.7 Å². The van der Waals surface area contributed by atoms with Gasteiger partial charge in [-0.1, -0.05) is 6.07 Å². The van der Waals surface area contributed by atoms with Crippen molar-refractivity contribution in [2.45, 2.75) is 6.10 Å². The van der Waals surface area contributed by atoms with Gasteiger partial charge >= 0.3 is 5.97 Å². The van der Waals surface area contributed by atoms with E-state index in [2.05, 4.69) is 4.98 Å². The number of carbonyl (C=O) groups is 1. The predicted octanol–water partition coefficient (Wildman–Crippen LogP) is 0.371. The number of carboxylic acids is 1. The van der Waals surface area contributed by atoms with Crippen molar-refractivity contribution in [2.75, 3.05) is 24.6 Å². The lowest BCUT2D eigenvalue weighted by molar-refractivity contribution is -0.150. The van der Waals surface area contributed by atoms with Gasteiger partial charge in [0.2, 0.25) is 0 Å². The molecule has 0 saturated carbocycles. The number of pyridine rings is 1. The fourth-order valence-corrected chi connectivity index (χ4v) is 1.55. The molecule has 1 N–H and O–H groups in total. The van der Waals surface area contributed by atoms with Crippen molar-refractivity contribution in [3.05, 3.63) is 24.4 Å². The number of aromatic nitrogens is 1. The first kappa shape index (κ1) is 9.92. The van der Waals surface area contributed by atoms with E-state index in [4.69, 9.17) is 9.84 Å². The summed E-state index contributed by atoms with van der Waals surface area (Å²) in [4.78, 5) is 16.9. The number of aliphatic carboxylic acids is 1. The molecular weight excluding hydrogens is 196 g/mol. The molecule has 0 bridgehead atoms. The summed E-state index contributed by atoms with van der Waals surface area (Å²) in [6.07, 6.45) is 0.946. The third-order valence-corrected chi connectivity index (χ3v) is 2.32. The van der Waals surface area contributed by atoms with Gasteiger partial charge in [0.25, 0.3) is 0 Å². The number of hydrogen-bond donors (Lipinski definition) is 1. The zero-order valence-corrected chi connectivity index (χ0v) is 8.17. The Balaban J connectivity index is 2.08. The molecule has 0 unspecified atom stereocenters. The van der Waals surface area contributed by atoms with Crippen LogP contribution in [0.3, 0.4) is 0 Å². The number of ether oxygens (including phenoxy) is 1. The average Bonchev–Trinajstić information content (AvgIpc) is 2.30. The smallest absolute Gasteiger partial charge is 0.334 e. The summed E-state index contributed by atoms with van der Waals surface area (Å²) in [7, 11) is 0. The summed E-state index contributed by atoms with van der Waals surface area (Å²) in [5.41, 5.74) is 0. The van der Waals surface area contributed by atoms with E-state index in [1.54, 1.807) is 6.20 Å². The van der Waals surface area contributed by atoms with Crippen LogP contribution < -0.4 is 4.90 Å². The Morgan fingerprint density at radius 2 is 2.47 bits per heavy atom. The van der Waals surface area contributed by atoms with Crippen LogP contribution in [0.25, 0.3) is 0 Å². The number of rotatable bonds is 2. The second-order valence-corrected chi connectivity index (χ2v) is 3.33. The summed E-state index contributed by atoms with van der Waals surface area (Å²) in [5, 5.41) is 8.83. The van der Waals surface area contributed by atoms with Crippen LogP contribution in [-0.4, -0.2) is 41.9 Å². The molecule has 5 nitrogen and oxygen atoms in total. The lowest BCUT2D eigenvalue weighted by atomic mass is 10.2. The van der Waals surface area contributed by atoms with Gasteiger partial charge in [0.1, 0.15) is 5.82 Å². The summed E-state index contributed by atoms with van der Waals surface area (Å²) in [5.74, 6) is -0.123. The minimum Gasteiger partial charge on any atom is -0.479 e. The van der Waals surface area contributed by atoms with Gasteiger partial charge in [-0.05, 0) is 12.1 Å². The standard InChI is InChI=1S/C10H12N2O3/c13-10(14)8-7-12(5-6-15-8)9-3-1-2-4-11-9/h1-4,8H,5-7H2,(H,13,14)/t8-/m0/s1. The highest BCUT2D eigenvalue weighted by Crippen LogP contribution is 2.14. The molecule has 5 heteroatoms. The SMILES string of the molecule is O=C(O)[C@@H]1CN(c2ccccn2)CCO1. The van der Waals surface area contributed by atoms with Crippen molar-refractivity contribution < 1.29 is 14.6 Å². The van der Waals surface area contributed by atoms with Crippen molar-refractivity contribution in [1.82, 2.24) is 4.98 Å². The summed E-state index contributed by atoms with van der Waals surface area (Å²) in [6, 6.07) is 5.58. The molecule has 0 aliphatic carbocycles. The Kier molecular flexibility index (Phi) is 2.82. The van der Waals surface area contributed by atoms with Gasteiger partial charge in [-0.25, -0.2) is 9.78 Å². The van der Waals surface area contributed by atoms with E-state index in [1.807, 2.05) is 23.1 Å². The summed E-state index contributed by atoms with van der Waals surface area (Å²) in [6.45, 7) is 1.46. The fourth-order valence-electron chi connectivity index (χ4n) is 1.55. The van der Waals surface area contributed by atoms with E-state index in [9.17, 15) is 4.79 Å². The molecular formula is C10H12N2O3. The molecule has 1 aliphatic heterocycles. The highest BCUT2D eigenvalue weighted by atomic mass is 16.5. The van der Waals surface area contributed by atoms with Crippen LogP contribution in [0, 0.1) is 0 Å². The van der Waals surface area contributed by atoms with E-state index >= 15 is 0 Å². The molecule has 0 aromatic carbocycles. The van der Waals surface area contributed by atoms with E-state index in [1.165, 1.54) is 0 Å². The summed E-state index contributed by atoms with van der Waals surface area (Å²) < 4.78 is 5.12. The van der Waals surface area contributed by atoms with Crippen molar-refractivity contribution in [3.63, 3.8) is 0 Å². The van der Waals surface area contributed by atoms with Gasteiger partial charge in [0.15, 0.2) is 6.10 Å². The van der Waals surface area contributed by atoms with Crippen LogP contribution in [0.2, 0.25) is 0 Å². The Morgan fingerprint density at radius 1 is 1.60 bits per heavy atom. The van der Waals surface area contributed by atoms with Crippen molar-refractivity contribution in [3.8, 4) is 0 Å². The normalized spacial score (nSPS) is 21.3. The number of nitrogens with zero attached hydrogens (tertiary/aromatic N) is 2. The maximum atomic E-state index is 10.8. The molecule has 2 heterocycles. The van der Waals surface area contributed by atoms with Gasteiger partial charge in [-0.15, -0.1) is 0 Å². The number of morpholine rings is 1. The van der Waals surface area contributed by atoms with Crippen LogP contribution in [0.4, 0.5) is 5.82 Å². The monoisotopic (exact) mass is 208 g/mol. The van der Waals surface area contributed by atoms with Gasteiger partial charge in [0, 0.05) is 12.7 Å². The van der Waals surface area contributed by atoms with E-state index in [0.717, 1.165) is 5.82 Å². The highest BCUT2D eigenvalue weighted by Gasteiger charge is 2.26. The lowest BCUT2D eigenvalue weighted by Crippen LogP contribution is -2.46. The minimum absolute atomic E-state index is 0.354. The van der Waals surface area contributed by atoms with Crippen LogP contribution in [0.5, 0.6) is 0 Å². The molecule has 15 heavy (non-hydrogen) atoms. The van der Waals surface area contributed by atoms with Gasteiger partial charge in [-0.2, -0.15) is 0 Å². The van der Waals surface area contributed by atoms with Crippen LogP contribution >= 0.6 is 0 Å². The second kappa shape index (κ2) is 4.27. The molecule has 0 radical (unpaired) electrons. The first-order chi connectivity index (χ1) is 7.27. The van der Waals surface area contributed by atoms with Crippen LogP contribution in [0.1, 0.15) is 0 Å². The molecule has 1 fully saturated rings. The zero-order chi connectivity index (χ0) is 10.7. The molecule has 1 aliphatic rings. The van der Waals surface area contributed by atoms with Crippen LogP contribution in [0.15, 0.2) is 24.4 Å². The molecule has 1 atom stereocenters. The zero-order valence-electron chi connectivity index (χ0n) is 8.17. The number of carboxylic acid groups (broad SMARTS) is 1. The Bertz CT molecular complexity index is 342. The molecule has 1 saturated heterocycles. The molecule has 80 valence electrons. The second-order valence-electron chi connectivity index (χ2n) is 3.33. The molecule has 0 amide bonds. The Hall–Kier alpha value is -1.62. The number of anilines is 1. The van der Waals surface area contributed by atoms with E-state index in [0.29, 0.717) is 19.7 Å². The number of hydrogen-bond acceptors (Lipinski definition) is 4. The highest BCUT2D eigenvalue weighted by molar-refractivity contribution is 5.73.